The van der Waals surface area contributed by atoms with Crippen molar-refractivity contribution in [2.75, 3.05) is 6.54 Å². The van der Waals surface area contributed by atoms with E-state index < -0.39 is 0 Å². The quantitative estimate of drug-likeness (QED) is 0.865. The number of aromatic nitrogens is 1. The van der Waals surface area contributed by atoms with Gasteiger partial charge in [-0.05, 0) is 44.6 Å². The topological polar surface area (TPSA) is 46.3 Å². The third-order valence-corrected chi connectivity index (χ3v) is 4.96. The molecule has 120 valence electrons. The normalized spacial score (nSPS) is 20.9. The lowest BCUT2D eigenvalue weighted by Crippen LogP contribution is -2.37. The minimum absolute atomic E-state index is 0.0234. The Hall–Kier alpha value is -2.10. The highest BCUT2D eigenvalue weighted by Crippen LogP contribution is 2.40. The second-order valence-electron chi connectivity index (χ2n) is 6.87. The molecule has 2 aromatic rings. The summed E-state index contributed by atoms with van der Waals surface area (Å²) in [6, 6.07) is 10.7. The third kappa shape index (κ3) is 3.03. The predicted octanol–water partition coefficient (Wildman–Crippen LogP) is 3.71. The van der Waals surface area contributed by atoms with E-state index in [2.05, 4.69) is 36.3 Å². The number of carbonyl (C=O) groups excluding carboxylic acids is 1. The van der Waals surface area contributed by atoms with Gasteiger partial charge in [0, 0.05) is 24.6 Å². The molecule has 0 N–H and O–H groups in total. The number of carbonyl (C=O) groups is 1. The van der Waals surface area contributed by atoms with E-state index in [0.717, 1.165) is 44.4 Å². The van der Waals surface area contributed by atoms with Crippen LogP contribution in [0.2, 0.25) is 0 Å². The first-order valence-corrected chi connectivity index (χ1v) is 8.54. The number of amides is 1. The summed E-state index contributed by atoms with van der Waals surface area (Å²) in [4.78, 5) is 14.7. The Kier molecular flexibility index (Phi) is 3.68. The largest absolute Gasteiger partial charge is 0.360 e. The Balaban J connectivity index is 1.47. The molecular formula is C19H22N2O2. The van der Waals surface area contributed by atoms with Gasteiger partial charge in [-0.3, -0.25) is 4.79 Å². The molecule has 1 aromatic carbocycles. The van der Waals surface area contributed by atoms with E-state index in [1.54, 1.807) is 0 Å². The molecule has 1 saturated carbocycles. The van der Waals surface area contributed by atoms with Gasteiger partial charge >= 0.3 is 0 Å². The molecule has 4 heteroatoms. The fourth-order valence-corrected chi connectivity index (χ4v) is 3.41. The van der Waals surface area contributed by atoms with Gasteiger partial charge in [-0.1, -0.05) is 35.0 Å². The van der Waals surface area contributed by atoms with Crippen molar-refractivity contribution in [2.24, 2.45) is 0 Å². The molecule has 0 radical (unpaired) electrons. The lowest BCUT2D eigenvalue weighted by atomic mass is 10.0. The minimum atomic E-state index is 0.0234. The molecule has 23 heavy (non-hydrogen) atoms. The van der Waals surface area contributed by atoms with Crippen LogP contribution in [-0.2, 0) is 6.42 Å². The number of hydrogen-bond acceptors (Lipinski definition) is 3. The highest BCUT2D eigenvalue weighted by molar-refractivity contribution is 5.92. The average molecular weight is 310 g/mol. The van der Waals surface area contributed by atoms with Gasteiger partial charge in [0.15, 0.2) is 5.69 Å². The van der Waals surface area contributed by atoms with Crippen molar-refractivity contribution in [2.45, 2.75) is 51.0 Å². The molecule has 1 aliphatic heterocycles. The van der Waals surface area contributed by atoms with Crippen molar-refractivity contribution < 1.29 is 9.32 Å². The first-order valence-electron chi connectivity index (χ1n) is 8.54. The first-order chi connectivity index (χ1) is 11.2. The van der Waals surface area contributed by atoms with Gasteiger partial charge in [0.05, 0.1) is 0 Å². The molecule has 0 bridgehead atoms. The zero-order valence-corrected chi connectivity index (χ0v) is 13.5. The lowest BCUT2D eigenvalue weighted by Gasteiger charge is -2.24. The Morgan fingerprint density at radius 1 is 1.26 bits per heavy atom. The lowest BCUT2D eigenvalue weighted by molar-refractivity contribution is 0.0726. The summed E-state index contributed by atoms with van der Waals surface area (Å²) in [5, 5.41) is 4.01. The van der Waals surface area contributed by atoms with Gasteiger partial charge in [-0.15, -0.1) is 0 Å². The molecule has 0 unspecified atom stereocenters. The Morgan fingerprint density at radius 3 is 2.78 bits per heavy atom. The van der Waals surface area contributed by atoms with Crippen LogP contribution in [0, 0.1) is 6.92 Å². The van der Waals surface area contributed by atoms with Crippen LogP contribution < -0.4 is 0 Å². The zero-order chi connectivity index (χ0) is 15.8. The Bertz CT molecular complexity index is 700. The van der Waals surface area contributed by atoms with Crippen LogP contribution in [0.15, 0.2) is 34.9 Å². The van der Waals surface area contributed by atoms with Crippen molar-refractivity contribution in [1.82, 2.24) is 10.1 Å². The van der Waals surface area contributed by atoms with Crippen molar-refractivity contribution in [3.05, 3.63) is 52.9 Å². The summed E-state index contributed by atoms with van der Waals surface area (Å²) in [6.07, 6.45) is 5.35. The maximum atomic E-state index is 12.8. The van der Waals surface area contributed by atoms with E-state index >= 15 is 0 Å². The number of aryl methyl sites for hydroxylation is 1. The predicted molar refractivity (Wildman–Crippen MR) is 87.4 cm³/mol. The number of hydrogen-bond donors (Lipinski definition) is 0. The van der Waals surface area contributed by atoms with Crippen LogP contribution >= 0.6 is 0 Å². The van der Waals surface area contributed by atoms with Crippen LogP contribution in [0.4, 0.5) is 0 Å². The first kappa shape index (κ1) is 14.5. The second kappa shape index (κ2) is 5.84. The van der Waals surface area contributed by atoms with Crippen molar-refractivity contribution in [1.29, 1.82) is 0 Å². The van der Waals surface area contributed by atoms with Gasteiger partial charge in [-0.2, -0.15) is 0 Å². The number of benzene rings is 1. The van der Waals surface area contributed by atoms with Crippen molar-refractivity contribution >= 4 is 5.91 Å². The summed E-state index contributed by atoms with van der Waals surface area (Å²) in [6.45, 7) is 2.91. The van der Waals surface area contributed by atoms with E-state index in [9.17, 15) is 4.79 Å². The van der Waals surface area contributed by atoms with Gasteiger partial charge in [0.25, 0.3) is 5.91 Å². The summed E-state index contributed by atoms with van der Waals surface area (Å²) in [7, 11) is 0. The van der Waals surface area contributed by atoms with Crippen LogP contribution in [0.25, 0.3) is 0 Å². The molecule has 1 amide bonds. The smallest absolute Gasteiger partial charge is 0.276 e. The monoisotopic (exact) mass is 310 g/mol. The molecule has 4 rings (SSSR count). The van der Waals surface area contributed by atoms with Crippen molar-refractivity contribution in [3.8, 4) is 0 Å². The summed E-state index contributed by atoms with van der Waals surface area (Å²) in [5.41, 5.74) is 3.03. The molecule has 2 fully saturated rings. The van der Waals surface area contributed by atoms with Crippen LogP contribution in [0.1, 0.15) is 59.0 Å². The fourth-order valence-electron chi connectivity index (χ4n) is 3.41. The molecule has 4 nitrogen and oxygen atoms in total. The highest BCUT2D eigenvalue weighted by atomic mass is 16.5. The second-order valence-corrected chi connectivity index (χ2v) is 6.87. The maximum absolute atomic E-state index is 12.8. The minimum Gasteiger partial charge on any atom is -0.360 e. The van der Waals surface area contributed by atoms with Crippen LogP contribution in [0.5, 0.6) is 0 Å². The Labute approximate surface area is 136 Å². The number of nitrogens with zero attached hydrogens (tertiary/aromatic N) is 2. The summed E-state index contributed by atoms with van der Waals surface area (Å²) in [5.74, 6) is 1.39. The third-order valence-electron chi connectivity index (χ3n) is 4.96. The summed E-state index contributed by atoms with van der Waals surface area (Å²) >= 11 is 0. The molecular weight excluding hydrogens is 288 g/mol. The highest BCUT2D eigenvalue weighted by Gasteiger charge is 2.33. The molecule has 2 heterocycles. The van der Waals surface area contributed by atoms with Gasteiger partial charge < -0.3 is 9.42 Å². The van der Waals surface area contributed by atoms with E-state index in [0.29, 0.717) is 11.6 Å². The SMILES string of the molecule is Cc1ccc(C[C@H]2CCCN2C(=O)c2cc(C3CC3)on2)cc1. The Morgan fingerprint density at radius 2 is 2.04 bits per heavy atom. The molecule has 1 saturated heterocycles. The maximum Gasteiger partial charge on any atom is 0.276 e. The van der Waals surface area contributed by atoms with Crippen molar-refractivity contribution in [3.63, 3.8) is 0 Å². The number of rotatable bonds is 4. The standard InChI is InChI=1S/C19H22N2O2/c1-13-4-6-14(7-5-13)11-16-3-2-10-21(16)19(22)17-12-18(23-20-17)15-8-9-15/h4-7,12,15-16H,2-3,8-11H2,1H3/t16-/m1/s1. The van der Waals surface area contributed by atoms with Crippen LogP contribution in [0.3, 0.4) is 0 Å². The van der Waals surface area contributed by atoms with E-state index in [1.807, 2.05) is 11.0 Å². The average Bonchev–Trinajstić information content (AvgIpc) is 3.11. The van der Waals surface area contributed by atoms with Crippen LogP contribution in [-0.4, -0.2) is 28.6 Å². The molecule has 1 aliphatic carbocycles. The van der Waals surface area contributed by atoms with E-state index in [1.165, 1.54) is 11.1 Å². The fraction of sp³-hybridized carbons (Fsp3) is 0.474. The molecule has 1 atom stereocenters. The van der Waals surface area contributed by atoms with Gasteiger partial charge in [0.2, 0.25) is 0 Å². The molecule has 2 aliphatic rings. The zero-order valence-electron chi connectivity index (χ0n) is 13.5. The summed E-state index contributed by atoms with van der Waals surface area (Å²) < 4.78 is 5.34. The number of likely N-dealkylation sites (tertiary alicyclic amines) is 1. The molecule has 1 aromatic heterocycles. The van der Waals surface area contributed by atoms with E-state index in [-0.39, 0.29) is 11.9 Å². The van der Waals surface area contributed by atoms with Gasteiger partial charge in [-0.25, -0.2) is 0 Å². The van der Waals surface area contributed by atoms with Gasteiger partial charge in [0.1, 0.15) is 5.76 Å². The molecule has 0 spiro atoms. The van der Waals surface area contributed by atoms with E-state index in [4.69, 9.17) is 4.52 Å².